The van der Waals surface area contributed by atoms with E-state index in [9.17, 15) is 0 Å². The summed E-state index contributed by atoms with van der Waals surface area (Å²) in [6.07, 6.45) is 4.86. The maximum Gasteiger partial charge on any atom is 0.0756 e. The molecule has 2 heterocycles. The second-order valence-electron chi connectivity index (χ2n) is 2.88. The molecule has 0 saturated carbocycles. The van der Waals surface area contributed by atoms with Gasteiger partial charge in [-0.1, -0.05) is 0 Å². The summed E-state index contributed by atoms with van der Waals surface area (Å²) in [5, 5.41) is 3.28. The molecule has 3 heteroatoms. The van der Waals surface area contributed by atoms with Gasteiger partial charge in [0.2, 0.25) is 0 Å². The van der Waals surface area contributed by atoms with Gasteiger partial charge in [-0.25, -0.2) is 0 Å². The zero-order chi connectivity index (χ0) is 7.68. The minimum Gasteiger partial charge on any atom is -0.308 e. The predicted molar refractivity (Wildman–Crippen MR) is 42.1 cm³/mol. The fourth-order valence-corrected chi connectivity index (χ4v) is 1.12. The third kappa shape index (κ3) is 1.24. The van der Waals surface area contributed by atoms with Gasteiger partial charge in [0.05, 0.1) is 23.6 Å². The van der Waals surface area contributed by atoms with Crippen molar-refractivity contribution in [2.75, 3.05) is 6.54 Å². The standard InChI is InChI=1S/C8H11N3/c1-6-4-11-8(5-10-6)7-2-3-9-7/h4-5,7,9H,2-3H2,1H3. The highest BCUT2D eigenvalue weighted by atomic mass is 15.0. The predicted octanol–water partition coefficient (Wildman–Crippen LogP) is 0.819. The summed E-state index contributed by atoms with van der Waals surface area (Å²) in [5.74, 6) is 0. The average molecular weight is 149 g/mol. The molecule has 0 aromatic carbocycles. The molecule has 0 amide bonds. The van der Waals surface area contributed by atoms with Gasteiger partial charge in [0.15, 0.2) is 0 Å². The number of hydrogen-bond donors (Lipinski definition) is 1. The molecule has 0 spiro atoms. The first kappa shape index (κ1) is 6.73. The van der Waals surface area contributed by atoms with Crippen molar-refractivity contribution < 1.29 is 0 Å². The molecule has 0 radical (unpaired) electrons. The van der Waals surface area contributed by atoms with Crippen LogP contribution in [0.2, 0.25) is 0 Å². The topological polar surface area (TPSA) is 37.8 Å². The van der Waals surface area contributed by atoms with E-state index in [4.69, 9.17) is 0 Å². The van der Waals surface area contributed by atoms with E-state index in [0.717, 1.165) is 17.9 Å². The Morgan fingerprint density at radius 3 is 2.73 bits per heavy atom. The maximum absolute atomic E-state index is 4.28. The Balaban J connectivity index is 2.18. The van der Waals surface area contributed by atoms with Crippen LogP contribution in [0.5, 0.6) is 0 Å². The molecule has 1 N–H and O–H groups in total. The largest absolute Gasteiger partial charge is 0.308 e. The Labute approximate surface area is 65.9 Å². The number of aryl methyl sites for hydroxylation is 1. The van der Waals surface area contributed by atoms with Crippen molar-refractivity contribution in [3.8, 4) is 0 Å². The number of nitrogens with one attached hydrogen (secondary N) is 1. The molecular formula is C8H11N3. The van der Waals surface area contributed by atoms with Gasteiger partial charge in [-0.15, -0.1) is 0 Å². The Kier molecular flexibility index (Phi) is 1.58. The zero-order valence-corrected chi connectivity index (χ0v) is 6.54. The van der Waals surface area contributed by atoms with Crippen LogP contribution in [0.1, 0.15) is 23.9 Å². The minimum absolute atomic E-state index is 0.461. The highest BCUT2D eigenvalue weighted by molar-refractivity contribution is 5.08. The highest BCUT2D eigenvalue weighted by Gasteiger charge is 2.19. The monoisotopic (exact) mass is 149 g/mol. The van der Waals surface area contributed by atoms with E-state index in [-0.39, 0.29) is 0 Å². The number of aromatic nitrogens is 2. The van der Waals surface area contributed by atoms with Crippen molar-refractivity contribution in [1.82, 2.24) is 15.3 Å². The second-order valence-corrected chi connectivity index (χ2v) is 2.88. The van der Waals surface area contributed by atoms with Gasteiger partial charge in [-0.05, 0) is 19.9 Å². The molecule has 1 atom stereocenters. The molecule has 1 aliphatic heterocycles. The van der Waals surface area contributed by atoms with Crippen molar-refractivity contribution in [1.29, 1.82) is 0 Å². The molecule has 1 fully saturated rings. The van der Waals surface area contributed by atoms with Crippen molar-refractivity contribution >= 4 is 0 Å². The maximum atomic E-state index is 4.28. The van der Waals surface area contributed by atoms with E-state index in [1.807, 2.05) is 19.3 Å². The summed E-state index contributed by atoms with van der Waals surface area (Å²) >= 11 is 0. The van der Waals surface area contributed by atoms with Crippen LogP contribution in [0.3, 0.4) is 0 Å². The van der Waals surface area contributed by atoms with Gasteiger partial charge in [0.25, 0.3) is 0 Å². The third-order valence-corrected chi connectivity index (χ3v) is 1.98. The molecule has 2 rings (SSSR count). The Morgan fingerprint density at radius 1 is 1.45 bits per heavy atom. The number of nitrogens with zero attached hydrogens (tertiary/aromatic N) is 2. The van der Waals surface area contributed by atoms with Crippen molar-refractivity contribution in [2.24, 2.45) is 0 Å². The summed E-state index contributed by atoms with van der Waals surface area (Å²) in [6.45, 7) is 3.06. The summed E-state index contributed by atoms with van der Waals surface area (Å²) in [5.41, 5.74) is 2.05. The van der Waals surface area contributed by atoms with E-state index >= 15 is 0 Å². The second kappa shape index (κ2) is 2.58. The van der Waals surface area contributed by atoms with Crippen LogP contribution in [0.25, 0.3) is 0 Å². The van der Waals surface area contributed by atoms with Crippen molar-refractivity contribution in [3.63, 3.8) is 0 Å². The molecule has 0 bridgehead atoms. The highest BCUT2D eigenvalue weighted by Crippen LogP contribution is 2.19. The van der Waals surface area contributed by atoms with Crippen LogP contribution in [0.4, 0.5) is 0 Å². The summed E-state index contributed by atoms with van der Waals surface area (Å²) < 4.78 is 0. The van der Waals surface area contributed by atoms with E-state index < -0.39 is 0 Å². The number of hydrogen-bond acceptors (Lipinski definition) is 3. The van der Waals surface area contributed by atoms with Crippen LogP contribution in [-0.2, 0) is 0 Å². The van der Waals surface area contributed by atoms with E-state index in [0.29, 0.717) is 6.04 Å². The molecule has 1 aromatic heterocycles. The Hall–Kier alpha value is -0.960. The zero-order valence-electron chi connectivity index (χ0n) is 6.54. The van der Waals surface area contributed by atoms with Crippen LogP contribution in [0, 0.1) is 6.92 Å². The first-order valence-corrected chi connectivity index (χ1v) is 3.88. The van der Waals surface area contributed by atoms with Gasteiger partial charge in [-0.2, -0.15) is 0 Å². The molecule has 1 aromatic rings. The molecule has 0 aliphatic carbocycles. The lowest BCUT2D eigenvalue weighted by Gasteiger charge is -2.26. The van der Waals surface area contributed by atoms with Gasteiger partial charge in [-0.3, -0.25) is 9.97 Å². The summed E-state index contributed by atoms with van der Waals surface area (Å²) in [4.78, 5) is 8.45. The molecule has 1 saturated heterocycles. The smallest absolute Gasteiger partial charge is 0.0756 e. The van der Waals surface area contributed by atoms with Gasteiger partial charge >= 0.3 is 0 Å². The van der Waals surface area contributed by atoms with E-state index in [1.165, 1.54) is 6.42 Å². The fraction of sp³-hybridized carbons (Fsp3) is 0.500. The van der Waals surface area contributed by atoms with Gasteiger partial charge < -0.3 is 5.32 Å². The van der Waals surface area contributed by atoms with Crippen LogP contribution < -0.4 is 5.32 Å². The van der Waals surface area contributed by atoms with Crippen LogP contribution in [0.15, 0.2) is 12.4 Å². The van der Waals surface area contributed by atoms with Gasteiger partial charge in [0.1, 0.15) is 0 Å². The van der Waals surface area contributed by atoms with Gasteiger partial charge in [0, 0.05) is 6.20 Å². The lowest BCUT2D eigenvalue weighted by molar-refractivity contribution is 0.374. The molecule has 3 nitrogen and oxygen atoms in total. The van der Waals surface area contributed by atoms with E-state index in [1.54, 1.807) is 0 Å². The number of rotatable bonds is 1. The Bertz CT molecular complexity index is 238. The molecule has 1 unspecified atom stereocenters. The Morgan fingerprint density at radius 2 is 2.27 bits per heavy atom. The minimum atomic E-state index is 0.461. The molecule has 1 aliphatic rings. The lowest BCUT2D eigenvalue weighted by atomic mass is 10.0. The first-order chi connectivity index (χ1) is 5.36. The summed E-state index contributed by atoms with van der Waals surface area (Å²) in [6, 6.07) is 0.461. The van der Waals surface area contributed by atoms with Crippen molar-refractivity contribution in [2.45, 2.75) is 19.4 Å². The lowest BCUT2D eigenvalue weighted by Crippen LogP contribution is -2.35. The van der Waals surface area contributed by atoms with Crippen LogP contribution >= 0.6 is 0 Å². The normalized spacial score (nSPS) is 22.8. The molecule has 11 heavy (non-hydrogen) atoms. The van der Waals surface area contributed by atoms with Crippen molar-refractivity contribution in [3.05, 3.63) is 23.8 Å². The third-order valence-electron chi connectivity index (χ3n) is 1.98. The first-order valence-electron chi connectivity index (χ1n) is 3.88. The quantitative estimate of drug-likeness (QED) is 0.642. The SMILES string of the molecule is Cc1cnc(C2CCN2)cn1. The average Bonchev–Trinajstić information content (AvgIpc) is 1.90. The summed E-state index contributed by atoms with van der Waals surface area (Å²) in [7, 11) is 0. The fourth-order valence-electron chi connectivity index (χ4n) is 1.12. The van der Waals surface area contributed by atoms with Crippen LogP contribution in [-0.4, -0.2) is 16.5 Å². The molecule has 58 valence electrons. The van der Waals surface area contributed by atoms with E-state index in [2.05, 4.69) is 15.3 Å². The molecular weight excluding hydrogens is 138 g/mol.